The Morgan fingerprint density at radius 3 is 2.85 bits per heavy atom. The van der Waals surface area contributed by atoms with Gasteiger partial charge in [-0.25, -0.2) is 0 Å². The fourth-order valence-corrected chi connectivity index (χ4v) is 2.80. The highest BCUT2D eigenvalue weighted by atomic mass is 15.2. The number of nitrogens with zero attached hydrogens (tertiary/aromatic N) is 2. The Labute approximate surface area is 120 Å². The molecule has 4 heteroatoms. The van der Waals surface area contributed by atoms with E-state index >= 15 is 0 Å². The van der Waals surface area contributed by atoms with Crippen LogP contribution in [0.1, 0.15) is 18.1 Å². The van der Waals surface area contributed by atoms with Crippen LogP contribution in [-0.4, -0.2) is 40.8 Å². The molecule has 2 N–H and O–H groups in total. The van der Waals surface area contributed by atoms with Gasteiger partial charge in [-0.2, -0.15) is 5.10 Å². The van der Waals surface area contributed by atoms with Gasteiger partial charge in [0, 0.05) is 37.8 Å². The number of H-pyrrole nitrogens is 1. The van der Waals surface area contributed by atoms with E-state index in [0.717, 1.165) is 31.9 Å². The van der Waals surface area contributed by atoms with E-state index in [9.17, 15) is 0 Å². The zero-order valence-corrected chi connectivity index (χ0v) is 12.2. The molecule has 1 aromatic carbocycles. The normalized spacial score (nSPS) is 20.2. The largest absolute Gasteiger partial charge is 0.312 e. The van der Waals surface area contributed by atoms with Crippen molar-refractivity contribution in [3.05, 3.63) is 41.6 Å². The minimum Gasteiger partial charge on any atom is -0.312 e. The number of hydrogen-bond donors (Lipinski definition) is 2. The van der Waals surface area contributed by atoms with E-state index in [-0.39, 0.29) is 0 Å². The Kier molecular flexibility index (Phi) is 3.85. The van der Waals surface area contributed by atoms with Gasteiger partial charge < -0.3 is 5.32 Å². The van der Waals surface area contributed by atoms with Gasteiger partial charge in [0.2, 0.25) is 0 Å². The Morgan fingerprint density at radius 1 is 1.30 bits per heavy atom. The number of nitrogens with one attached hydrogen (secondary N) is 2. The molecule has 1 aliphatic heterocycles. The fourth-order valence-electron chi connectivity index (χ4n) is 2.80. The van der Waals surface area contributed by atoms with Crippen LogP contribution >= 0.6 is 0 Å². The molecule has 20 heavy (non-hydrogen) atoms. The van der Waals surface area contributed by atoms with Crippen LogP contribution in [0.3, 0.4) is 0 Å². The molecule has 1 saturated heterocycles. The second-order valence-corrected chi connectivity index (χ2v) is 5.73. The summed E-state index contributed by atoms with van der Waals surface area (Å²) in [5.74, 6) is 0. The molecule has 0 amide bonds. The molecule has 106 valence electrons. The van der Waals surface area contributed by atoms with Crippen molar-refractivity contribution in [1.82, 2.24) is 20.4 Å². The molecule has 3 rings (SSSR count). The maximum atomic E-state index is 4.24. The van der Waals surface area contributed by atoms with Crippen LogP contribution in [0, 0.1) is 6.92 Å². The van der Waals surface area contributed by atoms with Crippen LogP contribution in [0.4, 0.5) is 0 Å². The monoisotopic (exact) mass is 270 g/mol. The molecule has 4 nitrogen and oxygen atoms in total. The predicted octanol–water partition coefficient (Wildman–Crippen LogP) is 2.18. The lowest BCUT2D eigenvalue weighted by Gasteiger charge is -2.31. The Balaban J connectivity index is 1.78. The highest BCUT2D eigenvalue weighted by Crippen LogP contribution is 2.23. The van der Waals surface area contributed by atoms with Gasteiger partial charge in [-0.3, -0.25) is 10.00 Å². The molecular weight excluding hydrogens is 248 g/mol. The van der Waals surface area contributed by atoms with E-state index in [1.54, 1.807) is 0 Å². The van der Waals surface area contributed by atoms with Crippen LogP contribution in [0.25, 0.3) is 11.3 Å². The van der Waals surface area contributed by atoms with Gasteiger partial charge in [0.05, 0.1) is 11.9 Å². The van der Waals surface area contributed by atoms with Gasteiger partial charge >= 0.3 is 0 Å². The number of hydrogen-bond acceptors (Lipinski definition) is 3. The molecule has 1 aromatic heterocycles. The molecule has 0 aliphatic carbocycles. The number of rotatable bonds is 3. The van der Waals surface area contributed by atoms with Crippen molar-refractivity contribution in [2.45, 2.75) is 26.4 Å². The van der Waals surface area contributed by atoms with Gasteiger partial charge in [0.15, 0.2) is 0 Å². The molecule has 2 aromatic rings. The summed E-state index contributed by atoms with van der Waals surface area (Å²) in [4.78, 5) is 2.49. The lowest BCUT2D eigenvalue weighted by molar-refractivity contribution is 0.200. The van der Waals surface area contributed by atoms with Crippen molar-refractivity contribution in [3.63, 3.8) is 0 Å². The molecule has 0 radical (unpaired) electrons. The van der Waals surface area contributed by atoms with E-state index in [1.807, 2.05) is 6.20 Å². The third-order valence-electron chi connectivity index (χ3n) is 3.90. The zero-order valence-electron chi connectivity index (χ0n) is 12.2. The molecule has 1 fully saturated rings. The lowest BCUT2D eigenvalue weighted by Crippen LogP contribution is -2.48. The summed E-state index contributed by atoms with van der Waals surface area (Å²) in [6.45, 7) is 8.58. The van der Waals surface area contributed by atoms with Gasteiger partial charge in [0.25, 0.3) is 0 Å². The van der Waals surface area contributed by atoms with E-state index < -0.39 is 0 Å². The minimum atomic E-state index is 0.568. The Bertz CT molecular complexity index is 558. The summed E-state index contributed by atoms with van der Waals surface area (Å²) in [7, 11) is 0. The van der Waals surface area contributed by atoms with Crippen molar-refractivity contribution in [2.24, 2.45) is 0 Å². The highest BCUT2D eigenvalue weighted by Gasteiger charge is 2.17. The molecule has 0 bridgehead atoms. The second-order valence-electron chi connectivity index (χ2n) is 5.73. The zero-order chi connectivity index (χ0) is 13.9. The molecule has 1 aliphatic rings. The third kappa shape index (κ3) is 2.92. The molecule has 0 spiro atoms. The van der Waals surface area contributed by atoms with Crippen LogP contribution in [0.2, 0.25) is 0 Å². The van der Waals surface area contributed by atoms with E-state index in [2.05, 4.69) is 58.5 Å². The average Bonchev–Trinajstić information content (AvgIpc) is 2.88. The number of benzene rings is 1. The highest BCUT2D eigenvalue weighted by molar-refractivity contribution is 5.62. The molecule has 0 saturated carbocycles. The average molecular weight is 270 g/mol. The minimum absolute atomic E-state index is 0.568. The molecule has 2 heterocycles. The van der Waals surface area contributed by atoms with Crippen LogP contribution < -0.4 is 5.32 Å². The molecular formula is C16H22N4. The maximum Gasteiger partial charge on any atom is 0.0695 e. The van der Waals surface area contributed by atoms with E-state index in [4.69, 9.17) is 0 Å². The summed E-state index contributed by atoms with van der Waals surface area (Å²) in [5.41, 5.74) is 4.93. The Hall–Kier alpha value is -1.65. The number of aromatic nitrogens is 2. The summed E-state index contributed by atoms with van der Waals surface area (Å²) in [6.07, 6.45) is 1.96. The predicted molar refractivity (Wildman–Crippen MR) is 81.5 cm³/mol. The number of piperazine rings is 1. The van der Waals surface area contributed by atoms with E-state index in [0.29, 0.717) is 6.04 Å². The van der Waals surface area contributed by atoms with E-state index in [1.165, 1.54) is 16.7 Å². The number of aryl methyl sites for hydroxylation is 1. The maximum absolute atomic E-state index is 4.24. The molecule has 1 atom stereocenters. The van der Waals surface area contributed by atoms with Crippen LogP contribution in [0.5, 0.6) is 0 Å². The summed E-state index contributed by atoms with van der Waals surface area (Å²) >= 11 is 0. The summed E-state index contributed by atoms with van der Waals surface area (Å²) < 4.78 is 0. The van der Waals surface area contributed by atoms with Gasteiger partial charge in [-0.15, -0.1) is 0 Å². The Morgan fingerprint density at radius 2 is 2.10 bits per heavy atom. The van der Waals surface area contributed by atoms with Gasteiger partial charge in [-0.05, 0) is 19.4 Å². The standard InChI is InChI=1S/C16H22N4/c1-12-3-5-14(6-4-12)16-15(9-18-19-16)11-20-8-7-17-13(2)10-20/h3-6,9,13,17H,7-8,10-11H2,1-2H3,(H,18,19)/t13-/m0/s1. The van der Waals surface area contributed by atoms with Crippen molar-refractivity contribution in [1.29, 1.82) is 0 Å². The topological polar surface area (TPSA) is 44.0 Å². The van der Waals surface area contributed by atoms with Crippen molar-refractivity contribution < 1.29 is 0 Å². The van der Waals surface area contributed by atoms with Crippen molar-refractivity contribution in [3.8, 4) is 11.3 Å². The summed E-state index contributed by atoms with van der Waals surface area (Å²) in [6, 6.07) is 9.18. The summed E-state index contributed by atoms with van der Waals surface area (Å²) in [5, 5.41) is 10.9. The third-order valence-corrected chi connectivity index (χ3v) is 3.90. The molecule has 0 unspecified atom stereocenters. The fraction of sp³-hybridized carbons (Fsp3) is 0.438. The first-order valence-electron chi connectivity index (χ1n) is 7.27. The van der Waals surface area contributed by atoms with Crippen molar-refractivity contribution in [2.75, 3.05) is 19.6 Å². The van der Waals surface area contributed by atoms with Crippen LogP contribution in [-0.2, 0) is 6.54 Å². The SMILES string of the molecule is Cc1ccc(-c2[nH]ncc2CN2CCN[C@@H](C)C2)cc1. The smallest absolute Gasteiger partial charge is 0.0695 e. The van der Waals surface area contributed by atoms with Crippen molar-refractivity contribution >= 4 is 0 Å². The number of aromatic amines is 1. The first-order chi connectivity index (χ1) is 9.72. The van der Waals surface area contributed by atoms with Gasteiger partial charge in [-0.1, -0.05) is 29.8 Å². The lowest BCUT2D eigenvalue weighted by atomic mass is 10.1. The quantitative estimate of drug-likeness (QED) is 0.898. The second kappa shape index (κ2) is 5.77. The first-order valence-corrected chi connectivity index (χ1v) is 7.27. The first kappa shape index (κ1) is 13.3. The van der Waals surface area contributed by atoms with Gasteiger partial charge in [0.1, 0.15) is 0 Å². The van der Waals surface area contributed by atoms with Crippen LogP contribution in [0.15, 0.2) is 30.5 Å².